The van der Waals surface area contributed by atoms with E-state index in [9.17, 15) is 26.4 Å². The van der Waals surface area contributed by atoms with Gasteiger partial charge in [0.25, 0.3) is 0 Å². The number of alkyl halides is 3. The van der Waals surface area contributed by atoms with E-state index in [0.29, 0.717) is 28.8 Å². The SMILES string of the molecule is Cc1cc(CNc2nc(Nc3ccc4c(c3)CC(=O)N4)ncc2C(F)(F)F)c(N(C)S(C)(=O)=O)cn1. The number of nitrogens with zero attached hydrogens (tertiary/aromatic N) is 4. The second-order valence-electron chi connectivity index (χ2n) is 8.21. The predicted octanol–water partition coefficient (Wildman–Crippen LogP) is 3.44. The number of halogens is 3. The Morgan fingerprint density at radius 1 is 1.17 bits per heavy atom. The zero-order valence-electron chi connectivity index (χ0n) is 19.4. The van der Waals surface area contributed by atoms with Gasteiger partial charge in [-0.3, -0.25) is 14.1 Å². The topological polar surface area (TPSA) is 129 Å². The van der Waals surface area contributed by atoms with Crippen LogP contribution < -0.4 is 20.3 Å². The van der Waals surface area contributed by atoms with Crippen molar-refractivity contribution in [1.29, 1.82) is 0 Å². The average Bonchev–Trinajstić information content (AvgIpc) is 3.15. The summed E-state index contributed by atoms with van der Waals surface area (Å²) in [6.07, 6.45) is -1.52. The maximum atomic E-state index is 13.7. The molecule has 0 unspecified atom stereocenters. The maximum absolute atomic E-state index is 13.7. The summed E-state index contributed by atoms with van der Waals surface area (Å²) in [4.78, 5) is 23.5. The Balaban J connectivity index is 1.63. The molecule has 190 valence electrons. The Labute approximate surface area is 205 Å². The molecule has 0 saturated carbocycles. The van der Waals surface area contributed by atoms with Crippen LogP contribution in [0.15, 0.2) is 36.7 Å². The number of carbonyl (C=O) groups excluding carboxylic acids is 1. The fraction of sp³-hybridized carbons (Fsp3) is 0.273. The molecule has 2 aromatic heterocycles. The fourth-order valence-corrected chi connectivity index (χ4v) is 4.13. The van der Waals surface area contributed by atoms with Gasteiger partial charge in [0, 0.05) is 36.9 Å². The number of hydrogen-bond donors (Lipinski definition) is 3. The van der Waals surface area contributed by atoms with E-state index in [1.165, 1.54) is 13.2 Å². The van der Waals surface area contributed by atoms with E-state index >= 15 is 0 Å². The van der Waals surface area contributed by atoms with Gasteiger partial charge in [0.2, 0.25) is 21.9 Å². The number of sulfonamides is 1. The number of benzene rings is 1. The first-order valence-corrected chi connectivity index (χ1v) is 12.4. The summed E-state index contributed by atoms with van der Waals surface area (Å²) < 4.78 is 66.0. The molecule has 3 heterocycles. The number of pyridine rings is 1. The van der Waals surface area contributed by atoms with Gasteiger partial charge < -0.3 is 16.0 Å². The average molecular weight is 522 g/mol. The van der Waals surface area contributed by atoms with Gasteiger partial charge in [-0.2, -0.15) is 18.2 Å². The summed E-state index contributed by atoms with van der Waals surface area (Å²) in [6.45, 7) is 1.52. The van der Waals surface area contributed by atoms with Crippen LogP contribution in [-0.4, -0.2) is 42.6 Å². The smallest absolute Gasteiger partial charge is 0.365 e. The van der Waals surface area contributed by atoms with Crippen LogP contribution in [0.4, 0.5) is 42.0 Å². The van der Waals surface area contributed by atoms with Crippen LogP contribution in [-0.2, 0) is 34.0 Å². The Morgan fingerprint density at radius 3 is 2.61 bits per heavy atom. The van der Waals surface area contributed by atoms with Gasteiger partial charge in [-0.1, -0.05) is 0 Å². The quantitative estimate of drug-likeness (QED) is 0.431. The van der Waals surface area contributed by atoms with E-state index in [-0.39, 0.29) is 30.5 Å². The number of fused-ring (bicyclic) bond motifs is 1. The number of hydrogen-bond acceptors (Lipinski definition) is 8. The lowest BCUT2D eigenvalue weighted by Gasteiger charge is -2.21. The molecule has 0 saturated heterocycles. The van der Waals surface area contributed by atoms with Crippen molar-refractivity contribution in [2.24, 2.45) is 0 Å². The van der Waals surface area contributed by atoms with Gasteiger partial charge in [-0.25, -0.2) is 13.4 Å². The summed E-state index contributed by atoms with van der Waals surface area (Å²) in [5, 5.41) is 8.23. The van der Waals surface area contributed by atoms with Gasteiger partial charge in [0.05, 0.1) is 24.6 Å². The van der Waals surface area contributed by atoms with E-state index in [1.807, 2.05) is 0 Å². The van der Waals surface area contributed by atoms with Crippen LogP contribution in [0, 0.1) is 6.92 Å². The molecule has 4 rings (SSSR count). The van der Waals surface area contributed by atoms with Crippen molar-refractivity contribution in [1.82, 2.24) is 15.0 Å². The van der Waals surface area contributed by atoms with E-state index < -0.39 is 27.6 Å². The molecule has 14 heteroatoms. The molecule has 1 aliphatic heterocycles. The van der Waals surface area contributed by atoms with Crippen molar-refractivity contribution in [3.05, 3.63) is 59.0 Å². The van der Waals surface area contributed by atoms with Gasteiger partial charge in [0.1, 0.15) is 11.4 Å². The van der Waals surface area contributed by atoms with Crippen molar-refractivity contribution in [2.45, 2.75) is 26.1 Å². The monoisotopic (exact) mass is 521 g/mol. The Morgan fingerprint density at radius 2 is 1.92 bits per heavy atom. The lowest BCUT2D eigenvalue weighted by molar-refractivity contribution is -0.137. The summed E-state index contributed by atoms with van der Waals surface area (Å²) in [7, 11) is -2.30. The number of nitrogens with one attached hydrogen (secondary N) is 3. The van der Waals surface area contributed by atoms with E-state index in [2.05, 4.69) is 30.9 Å². The molecular weight excluding hydrogens is 499 g/mol. The Hall–Kier alpha value is -3.94. The third kappa shape index (κ3) is 5.48. The third-order valence-electron chi connectivity index (χ3n) is 5.47. The summed E-state index contributed by atoms with van der Waals surface area (Å²) in [6, 6.07) is 6.59. The molecule has 10 nitrogen and oxygen atoms in total. The number of aromatic nitrogens is 3. The number of aryl methyl sites for hydroxylation is 1. The highest BCUT2D eigenvalue weighted by atomic mass is 32.2. The van der Waals surface area contributed by atoms with Crippen molar-refractivity contribution in [3.8, 4) is 0 Å². The minimum Gasteiger partial charge on any atom is -0.365 e. The van der Waals surface area contributed by atoms with Crippen molar-refractivity contribution in [2.75, 3.05) is 33.6 Å². The van der Waals surface area contributed by atoms with Crippen LogP contribution in [0.2, 0.25) is 0 Å². The lowest BCUT2D eigenvalue weighted by atomic mass is 10.1. The molecule has 0 fully saturated rings. The maximum Gasteiger partial charge on any atom is 0.421 e. The second-order valence-corrected chi connectivity index (χ2v) is 10.2. The highest BCUT2D eigenvalue weighted by Crippen LogP contribution is 2.35. The molecule has 3 aromatic rings. The van der Waals surface area contributed by atoms with E-state index in [1.54, 1.807) is 31.2 Å². The van der Waals surface area contributed by atoms with Crippen LogP contribution >= 0.6 is 0 Å². The Bertz CT molecular complexity index is 1450. The first kappa shape index (κ1) is 25.2. The largest absolute Gasteiger partial charge is 0.421 e. The third-order valence-corrected chi connectivity index (χ3v) is 6.66. The van der Waals surface area contributed by atoms with Gasteiger partial charge in [-0.05, 0) is 42.3 Å². The van der Waals surface area contributed by atoms with Gasteiger partial charge in [-0.15, -0.1) is 0 Å². The van der Waals surface area contributed by atoms with E-state index in [0.717, 1.165) is 16.1 Å². The summed E-state index contributed by atoms with van der Waals surface area (Å²) in [5.41, 5.74) is 2.02. The number of anilines is 5. The van der Waals surface area contributed by atoms with Crippen molar-refractivity contribution in [3.63, 3.8) is 0 Å². The highest BCUT2D eigenvalue weighted by molar-refractivity contribution is 7.92. The minimum absolute atomic E-state index is 0.0953. The normalized spacial score (nSPS) is 13.2. The molecule has 36 heavy (non-hydrogen) atoms. The summed E-state index contributed by atoms with van der Waals surface area (Å²) in [5.74, 6) is -0.728. The molecule has 0 atom stereocenters. The molecule has 0 aliphatic carbocycles. The van der Waals surface area contributed by atoms with Crippen LogP contribution in [0.5, 0.6) is 0 Å². The Kier molecular flexibility index (Phi) is 6.47. The molecular formula is C22H22F3N7O3S. The number of amides is 1. The van der Waals surface area contributed by atoms with Gasteiger partial charge in [0.15, 0.2) is 0 Å². The van der Waals surface area contributed by atoms with Gasteiger partial charge >= 0.3 is 6.18 Å². The number of carbonyl (C=O) groups is 1. The first-order chi connectivity index (χ1) is 16.8. The fourth-order valence-electron chi connectivity index (χ4n) is 3.61. The lowest BCUT2D eigenvalue weighted by Crippen LogP contribution is -2.26. The summed E-state index contributed by atoms with van der Waals surface area (Å²) >= 11 is 0. The zero-order valence-corrected chi connectivity index (χ0v) is 20.3. The van der Waals surface area contributed by atoms with Crippen LogP contribution in [0.3, 0.4) is 0 Å². The zero-order chi connectivity index (χ0) is 26.3. The molecule has 0 spiro atoms. The standard InChI is InChI=1S/C22H22F3N7O3S/c1-12-6-14(18(11-26-12)32(2)36(3,34)35)9-27-20-16(22(23,24)25)10-28-21(31-20)29-15-4-5-17-13(7-15)8-19(33)30-17/h4-7,10-11H,8-9H2,1-3H3,(H,30,33)(H2,27,28,29,31). The van der Waals surface area contributed by atoms with E-state index in [4.69, 9.17) is 0 Å². The molecule has 0 radical (unpaired) electrons. The highest BCUT2D eigenvalue weighted by Gasteiger charge is 2.35. The second kappa shape index (κ2) is 9.26. The number of rotatable bonds is 7. The molecule has 1 aliphatic rings. The first-order valence-electron chi connectivity index (χ1n) is 10.6. The van der Waals surface area contributed by atoms with Crippen LogP contribution in [0.25, 0.3) is 0 Å². The van der Waals surface area contributed by atoms with Crippen molar-refractivity contribution >= 4 is 44.8 Å². The predicted molar refractivity (Wildman–Crippen MR) is 129 cm³/mol. The molecule has 3 N–H and O–H groups in total. The molecule has 0 bridgehead atoms. The van der Waals surface area contributed by atoms with Crippen LogP contribution in [0.1, 0.15) is 22.4 Å². The minimum atomic E-state index is -4.74. The molecule has 1 aromatic carbocycles. The molecule has 1 amide bonds. The van der Waals surface area contributed by atoms with Crippen molar-refractivity contribution < 1.29 is 26.4 Å².